The van der Waals surface area contributed by atoms with Gasteiger partial charge in [-0.3, -0.25) is 14.9 Å². The second-order valence-electron chi connectivity index (χ2n) is 7.18. The molecule has 6 nitrogen and oxygen atoms in total. The maximum atomic E-state index is 15.3. The molecule has 2 atom stereocenters. The Morgan fingerprint density at radius 2 is 2.23 bits per heavy atom. The van der Waals surface area contributed by atoms with Gasteiger partial charge >= 0.3 is 0 Å². The van der Waals surface area contributed by atoms with Crippen LogP contribution in [0.2, 0.25) is 5.02 Å². The van der Waals surface area contributed by atoms with Crippen molar-refractivity contribution in [3.8, 4) is 11.8 Å². The number of halogens is 2. The minimum atomic E-state index is -0.825. The number of benzene rings is 1. The smallest absolute Gasteiger partial charge is 0.223 e. The van der Waals surface area contributed by atoms with Gasteiger partial charge < -0.3 is 10.6 Å². The molecule has 1 aliphatic rings. The Balaban J connectivity index is 1.85. The lowest BCUT2D eigenvalue weighted by molar-refractivity contribution is -0.125. The van der Waals surface area contributed by atoms with Crippen molar-refractivity contribution in [2.24, 2.45) is 5.92 Å². The zero-order chi connectivity index (χ0) is 21.8. The summed E-state index contributed by atoms with van der Waals surface area (Å²) in [5.74, 6) is 4.48. The zero-order valence-corrected chi connectivity index (χ0v) is 18.4. The number of nitrogens with zero attached hydrogens (tertiary/aromatic N) is 1. The Morgan fingerprint density at radius 3 is 2.93 bits per heavy atom. The van der Waals surface area contributed by atoms with Crippen molar-refractivity contribution in [2.45, 2.75) is 45.9 Å². The Morgan fingerprint density at radius 1 is 1.47 bits per heavy atom. The molecule has 2 amide bonds. The van der Waals surface area contributed by atoms with Gasteiger partial charge in [-0.1, -0.05) is 37.4 Å². The van der Waals surface area contributed by atoms with Crippen LogP contribution in [0.3, 0.4) is 0 Å². The lowest BCUT2D eigenvalue weighted by atomic mass is 10.0. The van der Waals surface area contributed by atoms with Gasteiger partial charge in [0.25, 0.3) is 0 Å². The molecule has 1 fully saturated rings. The summed E-state index contributed by atoms with van der Waals surface area (Å²) >= 11 is 7.68. The molecule has 1 aliphatic heterocycles. The molecule has 30 heavy (non-hydrogen) atoms. The summed E-state index contributed by atoms with van der Waals surface area (Å²) in [5, 5.41) is 11.4. The third-order valence-corrected chi connectivity index (χ3v) is 5.90. The van der Waals surface area contributed by atoms with Crippen molar-refractivity contribution in [1.29, 1.82) is 0 Å². The van der Waals surface area contributed by atoms with E-state index in [2.05, 4.69) is 32.8 Å². The van der Waals surface area contributed by atoms with Gasteiger partial charge in [0.2, 0.25) is 11.8 Å². The van der Waals surface area contributed by atoms with Gasteiger partial charge in [-0.15, -0.1) is 11.3 Å². The number of carbonyl (C=O) groups is 2. The van der Waals surface area contributed by atoms with Gasteiger partial charge in [0.15, 0.2) is 0 Å². The molecular formula is C21H22ClFN4O2S. The Bertz CT molecular complexity index is 1030. The van der Waals surface area contributed by atoms with Gasteiger partial charge in [0.05, 0.1) is 11.1 Å². The maximum Gasteiger partial charge on any atom is 0.223 e. The average molecular weight is 449 g/mol. The first-order valence-corrected chi connectivity index (χ1v) is 10.7. The fourth-order valence-corrected chi connectivity index (χ4v) is 4.12. The monoisotopic (exact) mass is 448 g/mol. The van der Waals surface area contributed by atoms with E-state index in [9.17, 15) is 9.59 Å². The lowest BCUT2D eigenvalue weighted by Crippen LogP contribution is -2.47. The van der Waals surface area contributed by atoms with Crippen molar-refractivity contribution in [3.05, 3.63) is 50.2 Å². The number of thiazole rings is 1. The largest absolute Gasteiger partial charge is 0.352 e. The molecule has 0 spiro atoms. The number of hydrogen-bond acceptors (Lipinski definition) is 5. The number of carbonyl (C=O) groups excluding carboxylic acids is 2. The Hall–Kier alpha value is -2.47. The van der Waals surface area contributed by atoms with Crippen LogP contribution in [0.1, 0.15) is 61.2 Å². The molecule has 1 saturated heterocycles. The van der Waals surface area contributed by atoms with Crippen molar-refractivity contribution >= 4 is 34.8 Å². The highest BCUT2D eigenvalue weighted by Crippen LogP contribution is 2.33. The van der Waals surface area contributed by atoms with E-state index in [-0.39, 0.29) is 52.9 Å². The molecule has 1 aromatic heterocycles. The van der Waals surface area contributed by atoms with Crippen LogP contribution in [0.25, 0.3) is 0 Å². The molecule has 0 saturated carbocycles. The van der Waals surface area contributed by atoms with Crippen LogP contribution in [0.5, 0.6) is 0 Å². The first kappa shape index (κ1) is 22.2. The van der Waals surface area contributed by atoms with Gasteiger partial charge in [-0.2, -0.15) is 0 Å². The van der Waals surface area contributed by atoms with E-state index in [1.165, 1.54) is 17.4 Å². The van der Waals surface area contributed by atoms with Crippen molar-refractivity contribution in [2.75, 3.05) is 0 Å². The van der Waals surface area contributed by atoms with Crippen LogP contribution in [-0.2, 0) is 16.1 Å². The van der Waals surface area contributed by atoms with E-state index in [0.717, 1.165) is 0 Å². The van der Waals surface area contributed by atoms with Gasteiger partial charge in [-0.05, 0) is 18.9 Å². The fraction of sp³-hybridized carbons (Fsp3) is 0.381. The molecule has 0 radical (unpaired) electrons. The molecule has 3 N–H and O–H groups in total. The number of hydrogen-bond donors (Lipinski definition) is 3. The summed E-state index contributed by atoms with van der Waals surface area (Å²) < 4.78 is 15.3. The van der Waals surface area contributed by atoms with Crippen molar-refractivity contribution in [3.63, 3.8) is 0 Å². The second kappa shape index (κ2) is 9.56. The quantitative estimate of drug-likeness (QED) is 0.612. The summed E-state index contributed by atoms with van der Waals surface area (Å²) in [6.45, 7) is 5.28. The van der Waals surface area contributed by atoms with Crippen molar-refractivity contribution in [1.82, 2.24) is 20.9 Å². The molecule has 2 aromatic rings. The van der Waals surface area contributed by atoms with E-state index in [1.807, 2.05) is 5.38 Å². The fourth-order valence-electron chi connectivity index (χ4n) is 3.06. The number of aromatic nitrogens is 1. The van der Waals surface area contributed by atoms with Gasteiger partial charge in [0.1, 0.15) is 22.7 Å². The van der Waals surface area contributed by atoms with Crippen molar-refractivity contribution < 1.29 is 14.0 Å². The highest BCUT2D eigenvalue weighted by molar-refractivity contribution is 7.09. The van der Waals surface area contributed by atoms with Crippen LogP contribution in [-0.4, -0.2) is 16.8 Å². The molecule has 2 heterocycles. The first-order valence-electron chi connectivity index (χ1n) is 9.48. The minimum Gasteiger partial charge on any atom is -0.352 e. The molecule has 2 unspecified atom stereocenters. The molecule has 1 aromatic carbocycles. The molecule has 3 rings (SSSR count). The number of rotatable bonds is 5. The third kappa shape index (κ3) is 4.98. The van der Waals surface area contributed by atoms with Crippen LogP contribution >= 0.6 is 22.9 Å². The highest BCUT2D eigenvalue weighted by Gasteiger charge is 2.32. The predicted molar refractivity (Wildman–Crippen MR) is 114 cm³/mol. The predicted octanol–water partition coefficient (Wildman–Crippen LogP) is 3.43. The average Bonchev–Trinajstić information content (AvgIpc) is 3.16. The first-order chi connectivity index (χ1) is 14.3. The topological polar surface area (TPSA) is 83.1 Å². The molecular weight excluding hydrogens is 427 g/mol. The lowest BCUT2D eigenvalue weighted by Gasteiger charge is -2.31. The summed E-state index contributed by atoms with van der Waals surface area (Å²) in [7, 11) is 0. The summed E-state index contributed by atoms with van der Waals surface area (Å²) in [6.07, 6.45) is -0.652. The van der Waals surface area contributed by atoms with Crippen LogP contribution in [0.4, 0.5) is 4.39 Å². The second-order valence-corrected chi connectivity index (χ2v) is 8.47. The van der Waals surface area contributed by atoms with E-state index >= 15 is 4.39 Å². The van der Waals surface area contributed by atoms with Crippen LogP contribution < -0.4 is 16.0 Å². The summed E-state index contributed by atoms with van der Waals surface area (Å²) in [4.78, 5) is 28.6. The summed E-state index contributed by atoms with van der Waals surface area (Å²) in [5.41, 5.74) is 1.06. The zero-order valence-electron chi connectivity index (χ0n) is 16.8. The van der Waals surface area contributed by atoms with E-state index in [1.54, 1.807) is 26.8 Å². The molecule has 9 heteroatoms. The van der Waals surface area contributed by atoms with Crippen LogP contribution in [0, 0.1) is 23.6 Å². The van der Waals surface area contributed by atoms with E-state index in [0.29, 0.717) is 10.7 Å². The van der Waals surface area contributed by atoms with E-state index in [4.69, 9.17) is 11.6 Å². The normalized spacial score (nSPS) is 18.5. The maximum absolute atomic E-state index is 15.3. The van der Waals surface area contributed by atoms with Gasteiger partial charge in [0, 0.05) is 35.4 Å². The highest BCUT2D eigenvalue weighted by atomic mass is 35.5. The Kier molecular flexibility index (Phi) is 7.08. The number of amides is 2. The van der Waals surface area contributed by atoms with E-state index < -0.39 is 12.0 Å². The number of nitrogens with one attached hydrogen (secondary N) is 3. The van der Waals surface area contributed by atoms with Gasteiger partial charge in [-0.25, -0.2) is 9.37 Å². The molecule has 158 valence electrons. The third-order valence-electron chi connectivity index (χ3n) is 4.61. The molecule has 0 aliphatic carbocycles. The van der Waals surface area contributed by atoms with Crippen LogP contribution in [0.15, 0.2) is 17.5 Å². The Labute approximate surface area is 183 Å². The SMILES string of the molecule is CC#Cc1csc(C2CC(=O)NC(c3c(Cl)ccc(CNC(=O)C(C)C)c3F)N2)n1. The summed E-state index contributed by atoms with van der Waals surface area (Å²) in [6, 6.07) is 2.70. The molecule has 0 bridgehead atoms. The standard InChI is InChI=1S/C21H22ClFN4O2S/c1-4-5-13-10-30-21(25-13)15-8-16(28)27-19(26-15)17-14(22)7-6-12(18(17)23)9-24-20(29)11(2)3/h6-7,10-11,15,19,26H,8-9H2,1-3H3,(H,24,29)(H,27,28). The minimum absolute atomic E-state index is 0.0304.